The molecule has 0 spiro atoms. The number of rotatable bonds is 11. The second-order valence-corrected chi connectivity index (χ2v) is 10.2. The molecule has 10 heteroatoms. The molecule has 3 aromatic carbocycles. The number of nitrogens with one attached hydrogen (secondary N) is 1. The van der Waals surface area contributed by atoms with Gasteiger partial charge in [0.15, 0.2) is 5.16 Å². The van der Waals surface area contributed by atoms with E-state index in [-0.39, 0.29) is 22.2 Å². The number of hydrogen-bond acceptors (Lipinski definition) is 6. The quantitative estimate of drug-likeness (QED) is 0.121. The minimum absolute atomic E-state index is 0.0793. The van der Waals surface area contributed by atoms with Crippen molar-refractivity contribution in [1.29, 1.82) is 0 Å². The first-order valence-corrected chi connectivity index (χ1v) is 13.8. The Balaban J connectivity index is 1.47. The Hall–Kier alpha value is -3.33. The van der Waals surface area contributed by atoms with Crippen molar-refractivity contribution in [3.05, 3.63) is 99.8 Å². The summed E-state index contributed by atoms with van der Waals surface area (Å²) in [5.74, 6) is 0.0369. The van der Waals surface area contributed by atoms with Crippen molar-refractivity contribution >= 4 is 52.5 Å². The van der Waals surface area contributed by atoms with Gasteiger partial charge in [-0.15, -0.1) is 10.2 Å². The molecule has 7 nitrogen and oxygen atoms in total. The molecule has 0 unspecified atom stereocenters. The third-order valence-electron chi connectivity index (χ3n) is 5.52. The van der Waals surface area contributed by atoms with E-state index >= 15 is 0 Å². The number of unbranched alkanes of at least 4 members (excludes halogenated alkanes) is 1. The first-order chi connectivity index (χ1) is 18.4. The predicted octanol–water partition coefficient (Wildman–Crippen LogP) is 6.85. The van der Waals surface area contributed by atoms with Crippen molar-refractivity contribution < 1.29 is 14.3 Å². The topological polar surface area (TPSA) is 86.1 Å². The van der Waals surface area contributed by atoms with Crippen LogP contribution in [0.2, 0.25) is 10.0 Å². The summed E-state index contributed by atoms with van der Waals surface area (Å²) in [5.41, 5.74) is 2.60. The van der Waals surface area contributed by atoms with Gasteiger partial charge in [0.05, 0.1) is 22.9 Å². The van der Waals surface area contributed by atoms with Gasteiger partial charge in [-0.25, -0.2) is 4.79 Å². The molecule has 0 aliphatic carbocycles. The van der Waals surface area contributed by atoms with Crippen LogP contribution in [0.5, 0.6) is 0 Å². The van der Waals surface area contributed by atoms with Crippen LogP contribution < -0.4 is 5.32 Å². The average Bonchev–Trinajstić information content (AvgIpc) is 3.32. The summed E-state index contributed by atoms with van der Waals surface area (Å²) in [5, 5.41) is 13.0. The third-order valence-corrected chi connectivity index (χ3v) is 7.03. The van der Waals surface area contributed by atoms with E-state index in [2.05, 4.69) is 15.5 Å². The van der Waals surface area contributed by atoms with Crippen LogP contribution >= 0.6 is 35.0 Å². The van der Waals surface area contributed by atoms with Crippen LogP contribution in [0.25, 0.3) is 5.69 Å². The summed E-state index contributed by atoms with van der Waals surface area (Å²) in [7, 11) is 0. The van der Waals surface area contributed by atoms with Crippen LogP contribution in [-0.4, -0.2) is 39.0 Å². The van der Waals surface area contributed by atoms with Crippen LogP contribution in [0.1, 0.15) is 41.5 Å². The third kappa shape index (κ3) is 7.37. The van der Waals surface area contributed by atoms with Gasteiger partial charge in [-0.1, -0.05) is 78.6 Å². The summed E-state index contributed by atoms with van der Waals surface area (Å²) in [4.78, 5) is 25.2. The van der Waals surface area contributed by atoms with Crippen LogP contribution in [0.15, 0.2) is 78.0 Å². The second-order valence-electron chi connectivity index (χ2n) is 8.39. The van der Waals surface area contributed by atoms with Crippen molar-refractivity contribution in [2.24, 2.45) is 0 Å². The lowest BCUT2D eigenvalue weighted by Gasteiger charge is -2.11. The summed E-state index contributed by atoms with van der Waals surface area (Å²) in [6.07, 6.45) is 2.25. The SMILES string of the molecule is CCCCOC(=O)c1cc(NC(=O)CSc2nnc(Cc3ccccc3)n2-c2ccc(Cl)cc2)ccc1Cl. The fourth-order valence-electron chi connectivity index (χ4n) is 3.61. The summed E-state index contributed by atoms with van der Waals surface area (Å²) in [6, 6.07) is 22.1. The number of halogens is 2. The van der Waals surface area contributed by atoms with Crippen molar-refractivity contribution in [2.45, 2.75) is 31.3 Å². The Morgan fingerprint density at radius 1 is 1.00 bits per heavy atom. The number of esters is 1. The van der Waals surface area contributed by atoms with Crippen LogP contribution in [0.3, 0.4) is 0 Å². The van der Waals surface area contributed by atoms with Crippen LogP contribution in [0, 0.1) is 0 Å². The molecular weight excluding hydrogens is 543 g/mol. The molecule has 0 aliphatic heterocycles. The highest BCUT2D eigenvalue weighted by Crippen LogP contribution is 2.26. The zero-order valence-corrected chi connectivity index (χ0v) is 23.0. The smallest absolute Gasteiger partial charge is 0.339 e. The number of hydrogen-bond donors (Lipinski definition) is 1. The fourth-order valence-corrected chi connectivity index (χ4v) is 4.70. The molecule has 1 aromatic heterocycles. The summed E-state index contributed by atoms with van der Waals surface area (Å²) in [6.45, 7) is 2.33. The maximum atomic E-state index is 12.8. The lowest BCUT2D eigenvalue weighted by molar-refractivity contribution is -0.113. The van der Waals surface area contributed by atoms with Crippen molar-refractivity contribution in [3.8, 4) is 5.69 Å². The van der Waals surface area contributed by atoms with E-state index in [1.807, 2.05) is 54.0 Å². The Morgan fingerprint density at radius 2 is 1.76 bits per heavy atom. The van der Waals surface area contributed by atoms with Gasteiger partial charge in [0.2, 0.25) is 5.91 Å². The van der Waals surface area contributed by atoms with E-state index in [9.17, 15) is 9.59 Å². The van der Waals surface area contributed by atoms with Crippen molar-refractivity contribution in [1.82, 2.24) is 14.8 Å². The van der Waals surface area contributed by atoms with Crippen molar-refractivity contribution in [2.75, 3.05) is 17.7 Å². The molecule has 38 heavy (non-hydrogen) atoms. The minimum Gasteiger partial charge on any atom is -0.462 e. The molecule has 0 aliphatic rings. The zero-order valence-electron chi connectivity index (χ0n) is 20.7. The van der Waals surface area contributed by atoms with Gasteiger partial charge < -0.3 is 10.1 Å². The number of nitrogens with zero attached hydrogens (tertiary/aromatic N) is 3. The van der Waals surface area contributed by atoms with Gasteiger partial charge >= 0.3 is 5.97 Å². The number of thioether (sulfide) groups is 1. The number of ether oxygens (including phenoxy) is 1. The molecule has 1 N–H and O–H groups in total. The molecule has 0 saturated heterocycles. The predicted molar refractivity (Wildman–Crippen MR) is 152 cm³/mol. The Bertz CT molecular complexity index is 1400. The monoisotopic (exact) mass is 568 g/mol. The number of carbonyl (C=O) groups excluding carboxylic acids is 2. The number of amides is 1. The first-order valence-electron chi connectivity index (χ1n) is 12.1. The molecule has 0 fully saturated rings. The molecule has 0 bridgehead atoms. The van der Waals surface area contributed by atoms with E-state index < -0.39 is 5.97 Å². The lowest BCUT2D eigenvalue weighted by Crippen LogP contribution is -2.15. The average molecular weight is 570 g/mol. The van der Waals surface area contributed by atoms with Crippen LogP contribution in [-0.2, 0) is 16.0 Å². The molecule has 4 aromatic rings. The maximum absolute atomic E-state index is 12.8. The van der Waals surface area contributed by atoms with Gasteiger partial charge in [0, 0.05) is 22.8 Å². The second kappa shape index (κ2) is 13.5. The number of aromatic nitrogens is 3. The summed E-state index contributed by atoms with van der Waals surface area (Å²) >= 11 is 13.5. The van der Waals surface area contributed by atoms with E-state index in [0.717, 1.165) is 29.9 Å². The highest BCUT2D eigenvalue weighted by Gasteiger charge is 2.18. The van der Waals surface area contributed by atoms with E-state index in [4.69, 9.17) is 27.9 Å². The zero-order chi connectivity index (χ0) is 26.9. The number of benzene rings is 3. The Labute approximate surface area is 235 Å². The molecule has 4 rings (SSSR count). The van der Waals surface area contributed by atoms with E-state index in [1.165, 1.54) is 17.8 Å². The van der Waals surface area contributed by atoms with Gasteiger partial charge in [-0.2, -0.15) is 0 Å². The fraction of sp³-hybridized carbons (Fsp3) is 0.214. The molecular formula is C28H26Cl2N4O3S. The lowest BCUT2D eigenvalue weighted by atomic mass is 10.1. The van der Waals surface area contributed by atoms with Gasteiger partial charge in [0.1, 0.15) is 5.82 Å². The van der Waals surface area contributed by atoms with Gasteiger partial charge in [0.25, 0.3) is 0 Å². The van der Waals surface area contributed by atoms with Gasteiger partial charge in [-0.05, 0) is 54.4 Å². The molecule has 0 atom stereocenters. The van der Waals surface area contributed by atoms with E-state index in [0.29, 0.717) is 28.9 Å². The standard InChI is InChI=1S/C28H26Cl2N4O3S/c1-2-3-15-37-27(36)23-17-21(11-14-24(23)30)31-26(35)18-38-28-33-32-25(16-19-7-5-4-6-8-19)34(28)22-12-9-20(29)10-13-22/h4-14,17H,2-3,15-16,18H2,1H3,(H,31,35). The van der Waals surface area contributed by atoms with Crippen molar-refractivity contribution in [3.63, 3.8) is 0 Å². The summed E-state index contributed by atoms with van der Waals surface area (Å²) < 4.78 is 7.18. The van der Waals surface area contributed by atoms with Gasteiger partial charge in [-0.3, -0.25) is 9.36 Å². The van der Waals surface area contributed by atoms with E-state index in [1.54, 1.807) is 24.3 Å². The Kier molecular flexibility index (Phi) is 9.81. The minimum atomic E-state index is -0.518. The normalized spacial score (nSPS) is 10.8. The molecule has 0 saturated carbocycles. The molecule has 1 heterocycles. The molecule has 1 amide bonds. The highest BCUT2D eigenvalue weighted by atomic mass is 35.5. The molecule has 0 radical (unpaired) electrons. The first kappa shape index (κ1) is 27.7. The largest absolute Gasteiger partial charge is 0.462 e. The molecule has 196 valence electrons. The highest BCUT2D eigenvalue weighted by molar-refractivity contribution is 7.99. The Morgan fingerprint density at radius 3 is 2.50 bits per heavy atom. The number of carbonyl (C=O) groups is 2. The maximum Gasteiger partial charge on any atom is 0.339 e. The van der Waals surface area contributed by atoms with Crippen LogP contribution in [0.4, 0.5) is 5.69 Å². The number of anilines is 1.